The van der Waals surface area contributed by atoms with Gasteiger partial charge in [-0.2, -0.15) is 0 Å². The standard InChI is InChI=1S/C18H20FN3O/c19-16-6-4-15(5-7-16)17(23)8-10-21-11-13-22(14-12-21)18-3-1-2-9-20-18/h1-7,9H,8,10-14H2. The van der Waals surface area contributed by atoms with Crippen LogP contribution in [0, 0.1) is 5.82 Å². The Balaban J connectivity index is 1.46. The van der Waals surface area contributed by atoms with Crippen LogP contribution in [-0.2, 0) is 0 Å². The molecule has 0 atom stereocenters. The molecule has 120 valence electrons. The number of aromatic nitrogens is 1. The Bertz CT molecular complexity index is 637. The van der Waals surface area contributed by atoms with E-state index in [-0.39, 0.29) is 11.6 Å². The van der Waals surface area contributed by atoms with Gasteiger partial charge in [-0.1, -0.05) is 6.07 Å². The summed E-state index contributed by atoms with van der Waals surface area (Å²) in [5, 5.41) is 0. The number of nitrogens with zero attached hydrogens (tertiary/aromatic N) is 3. The summed E-state index contributed by atoms with van der Waals surface area (Å²) >= 11 is 0. The second kappa shape index (κ2) is 7.33. The molecule has 0 aliphatic carbocycles. The van der Waals surface area contributed by atoms with E-state index in [1.807, 2.05) is 24.4 Å². The highest BCUT2D eigenvalue weighted by atomic mass is 19.1. The Morgan fingerprint density at radius 1 is 1.04 bits per heavy atom. The summed E-state index contributed by atoms with van der Waals surface area (Å²) < 4.78 is 12.9. The number of hydrogen-bond donors (Lipinski definition) is 0. The van der Waals surface area contributed by atoms with Crippen LogP contribution in [-0.4, -0.2) is 48.4 Å². The number of carbonyl (C=O) groups excluding carboxylic acids is 1. The number of rotatable bonds is 5. The number of Topliss-reactive ketones (excluding diaryl/α,β-unsaturated/α-hetero) is 1. The van der Waals surface area contributed by atoms with E-state index in [1.54, 1.807) is 12.1 Å². The minimum absolute atomic E-state index is 0.0668. The third-order valence-electron chi connectivity index (χ3n) is 4.17. The van der Waals surface area contributed by atoms with E-state index in [2.05, 4.69) is 14.8 Å². The van der Waals surface area contributed by atoms with E-state index in [9.17, 15) is 9.18 Å². The monoisotopic (exact) mass is 313 g/mol. The molecule has 3 rings (SSSR count). The number of anilines is 1. The zero-order valence-electron chi connectivity index (χ0n) is 13.0. The van der Waals surface area contributed by atoms with Gasteiger partial charge in [0, 0.05) is 50.9 Å². The molecule has 1 fully saturated rings. The Hall–Kier alpha value is -2.27. The third kappa shape index (κ3) is 4.13. The van der Waals surface area contributed by atoms with Gasteiger partial charge in [0.1, 0.15) is 11.6 Å². The van der Waals surface area contributed by atoms with Gasteiger partial charge in [-0.25, -0.2) is 9.37 Å². The fourth-order valence-corrected chi connectivity index (χ4v) is 2.78. The number of halogens is 1. The lowest BCUT2D eigenvalue weighted by molar-refractivity contribution is 0.0962. The van der Waals surface area contributed by atoms with Crippen LogP contribution >= 0.6 is 0 Å². The van der Waals surface area contributed by atoms with Gasteiger partial charge in [0.2, 0.25) is 0 Å². The zero-order chi connectivity index (χ0) is 16.1. The summed E-state index contributed by atoms with van der Waals surface area (Å²) in [7, 11) is 0. The lowest BCUT2D eigenvalue weighted by Crippen LogP contribution is -2.47. The van der Waals surface area contributed by atoms with Crippen LogP contribution in [0.5, 0.6) is 0 Å². The van der Waals surface area contributed by atoms with Gasteiger partial charge in [0.25, 0.3) is 0 Å². The number of pyridine rings is 1. The minimum Gasteiger partial charge on any atom is -0.354 e. The van der Waals surface area contributed by atoms with Crippen LogP contribution in [0.15, 0.2) is 48.7 Å². The summed E-state index contributed by atoms with van der Waals surface area (Å²) in [4.78, 5) is 21.0. The molecule has 23 heavy (non-hydrogen) atoms. The largest absolute Gasteiger partial charge is 0.354 e. The van der Waals surface area contributed by atoms with Crippen LogP contribution in [0.2, 0.25) is 0 Å². The molecule has 0 radical (unpaired) electrons. The zero-order valence-corrected chi connectivity index (χ0v) is 13.0. The van der Waals surface area contributed by atoms with Crippen molar-refractivity contribution >= 4 is 11.6 Å². The Kier molecular flexibility index (Phi) is 4.98. The molecule has 4 nitrogen and oxygen atoms in total. The normalized spacial score (nSPS) is 15.6. The second-order valence-corrected chi connectivity index (χ2v) is 5.70. The maximum absolute atomic E-state index is 12.9. The van der Waals surface area contributed by atoms with Crippen molar-refractivity contribution in [3.8, 4) is 0 Å². The van der Waals surface area contributed by atoms with E-state index >= 15 is 0 Å². The van der Waals surface area contributed by atoms with Gasteiger partial charge in [0.15, 0.2) is 5.78 Å². The molecular formula is C18H20FN3O. The van der Waals surface area contributed by atoms with Crippen molar-refractivity contribution in [1.29, 1.82) is 0 Å². The molecule has 0 amide bonds. The van der Waals surface area contributed by atoms with Crippen molar-refractivity contribution in [1.82, 2.24) is 9.88 Å². The fraction of sp³-hybridized carbons (Fsp3) is 0.333. The van der Waals surface area contributed by atoms with Crippen LogP contribution in [0.25, 0.3) is 0 Å². The van der Waals surface area contributed by atoms with E-state index in [0.717, 1.165) is 38.5 Å². The Morgan fingerprint density at radius 2 is 1.78 bits per heavy atom. The molecule has 0 bridgehead atoms. The predicted molar refractivity (Wildman–Crippen MR) is 88.2 cm³/mol. The van der Waals surface area contributed by atoms with Gasteiger partial charge >= 0.3 is 0 Å². The maximum atomic E-state index is 12.9. The molecule has 2 heterocycles. The molecule has 0 unspecified atom stereocenters. The summed E-state index contributed by atoms with van der Waals surface area (Å²) in [6, 6.07) is 11.7. The van der Waals surface area contributed by atoms with Crippen molar-refractivity contribution in [2.45, 2.75) is 6.42 Å². The highest BCUT2D eigenvalue weighted by Gasteiger charge is 2.18. The second-order valence-electron chi connectivity index (χ2n) is 5.70. The average Bonchev–Trinajstić information content (AvgIpc) is 2.61. The number of benzene rings is 1. The minimum atomic E-state index is -0.313. The number of piperazine rings is 1. The molecule has 1 aliphatic heterocycles. The third-order valence-corrected chi connectivity index (χ3v) is 4.17. The van der Waals surface area contributed by atoms with E-state index in [4.69, 9.17) is 0 Å². The summed E-state index contributed by atoms with van der Waals surface area (Å²) in [5.74, 6) is 0.763. The van der Waals surface area contributed by atoms with Crippen LogP contribution in [0.1, 0.15) is 16.8 Å². The van der Waals surface area contributed by atoms with Gasteiger partial charge in [-0.3, -0.25) is 9.69 Å². The topological polar surface area (TPSA) is 36.4 Å². The molecular weight excluding hydrogens is 293 g/mol. The van der Waals surface area contributed by atoms with E-state index < -0.39 is 0 Å². The summed E-state index contributed by atoms with van der Waals surface area (Å²) in [6.07, 6.45) is 2.28. The SMILES string of the molecule is O=C(CCN1CCN(c2ccccn2)CC1)c1ccc(F)cc1. The average molecular weight is 313 g/mol. The van der Waals surface area contributed by atoms with Crippen LogP contribution in [0.4, 0.5) is 10.2 Å². The molecule has 1 saturated heterocycles. The van der Waals surface area contributed by atoms with Gasteiger partial charge in [0.05, 0.1) is 0 Å². The first kappa shape index (κ1) is 15.6. The van der Waals surface area contributed by atoms with Crippen LogP contribution in [0.3, 0.4) is 0 Å². The van der Waals surface area contributed by atoms with Crippen molar-refractivity contribution in [3.63, 3.8) is 0 Å². The first-order valence-electron chi connectivity index (χ1n) is 7.89. The first-order valence-corrected chi connectivity index (χ1v) is 7.89. The maximum Gasteiger partial charge on any atom is 0.164 e. The van der Waals surface area contributed by atoms with E-state index in [1.165, 1.54) is 12.1 Å². The van der Waals surface area contributed by atoms with Crippen molar-refractivity contribution in [2.24, 2.45) is 0 Å². The number of hydrogen-bond acceptors (Lipinski definition) is 4. The van der Waals surface area contributed by atoms with Crippen molar-refractivity contribution in [2.75, 3.05) is 37.6 Å². The Morgan fingerprint density at radius 3 is 2.43 bits per heavy atom. The quantitative estimate of drug-likeness (QED) is 0.795. The lowest BCUT2D eigenvalue weighted by atomic mass is 10.1. The van der Waals surface area contributed by atoms with Crippen molar-refractivity contribution < 1.29 is 9.18 Å². The van der Waals surface area contributed by atoms with Gasteiger partial charge < -0.3 is 4.90 Å². The van der Waals surface area contributed by atoms with Crippen LogP contribution < -0.4 is 4.90 Å². The van der Waals surface area contributed by atoms with Crippen molar-refractivity contribution in [3.05, 3.63) is 60.0 Å². The summed E-state index contributed by atoms with van der Waals surface area (Å²) in [6.45, 7) is 4.43. The first-order chi connectivity index (χ1) is 11.2. The molecule has 1 aliphatic rings. The highest BCUT2D eigenvalue weighted by molar-refractivity contribution is 5.96. The molecule has 0 N–H and O–H groups in total. The number of carbonyl (C=O) groups is 1. The van der Waals surface area contributed by atoms with E-state index in [0.29, 0.717) is 12.0 Å². The lowest BCUT2D eigenvalue weighted by Gasteiger charge is -2.35. The Labute approximate surface area is 135 Å². The van der Waals surface area contributed by atoms with Gasteiger partial charge in [-0.15, -0.1) is 0 Å². The molecule has 1 aromatic carbocycles. The summed E-state index contributed by atoms with van der Waals surface area (Å²) in [5.41, 5.74) is 0.582. The number of ketones is 1. The molecule has 1 aromatic heterocycles. The molecule has 0 saturated carbocycles. The highest BCUT2D eigenvalue weighted by Crippen LogP contribution is 2.13. The fourth-order valence-electron chi connectivity index (χ4n) is 2.78. The predicted octanol–water partition coefficient (Wildman–Crippen LogP) is 2.62. The molecule has 2 aromatic rings. The molecule has 5 heteroatoms. The smallest absolute Gasteiger partial charge is 0.164 e. The van der Waals surface area contributed by atoms with Gasteiger partial charge in [-0.05, 0) is 36.4 Å². The molecule has 0 spiro atoms.